The van der Waals surface area contributed by atoms with E-state index in [1.54, 1.807) is 25.3 Å². The highest BCUT2D eigenvalue weighted by molar-refractivity contribution is 5.71. The first-order valence-electron chi connectivity index (χ1n) is 3.77. The fourth-order valence-corrected chi connectivity index (χ4v) is 0.786. The number of carbonyl (C=O) groups excluding carboxylic acids is 1. The van der Waals surface area contributed by atoms with E-state index in [0.29, 0.717) is 24.3 Å². The second kappa shape index (κ2) is 5.07. The van der Waals surface area contributed by atoms with Gasteiger partial charge in [-0.25, -0.2) is 4.98 Å². The first-order chi connectivity index (χ1) is 6.36. The number of hydrogen-bond donors (Lipinski definition) is 0. The molecule has 1 rings (SSSR count). The highest BCUT2D eigenvalue weighted by Gasteiger charge is 1.91. The van der Waals surface area contributed by atoms with Gasteiger partial charge in [-0.2, -0.15) is 0 Å². The van der Waals surface area contributed by atoms with Gasteiger partial charge in [-0.3, -0.25) is 4.79 Å². The third-order valence-corrected chi connectivity index (χ3v) is 1.32. The third kappa shape index (κ3) is 3.06. The number of pyridine rings is 1. The summed E-state index contributed by atoms with van der Waals surface area (Å²) < 4.78 is 4.75. The molecule has 0 saturated carbocycles. The highest BCUT2D eigenvalue weighted by Crippen LogP contribution is 1.94. The Hall–Kier alpha value is -1.66. The lowest BCUT2D eigenvalue weighted by Gasteiger charge is -1.90. The van der Waals surface area contributed by atoms with E-state index in [0.717, 1.165) is 0 Å². The fourth-order valence-electron chi connectivity index (χ4n) is 0.786. The van der Waals surface area contributed by atoms with Crippen LogP contribution in [0.5, 0.6) is 0 Å². The van der Waals surface area contributed by atoms with Crippen molar-refractivity contribution < 1.29 is 9.53 Å². The predicted molar refractivity (Wildman–Crippen MR) is 48.4 cm³/mol. The zero-order valence-corrected chi connectivity index (χ0v) is 7.28. The number of rotatable bonds is 2. The van der Waals surface area contributed by atoms with Gasteiger partial charge in [0.1, 0.15) is 18.0 Å². The lowest BCUT2D eigenvalue weighted by atomic mass is 10.3. The van der Waals surface area contributed by atoms with Crippen LogP contribution in [0, 0.1) is 11.8 Å². The van der Waals surface area contributed by atoms with Gasteiger partial charge in [0, 0.05) is 7.11 Å². The van der Waals surface area contributed by atoms with Crippen molar-refractivity contribution in [1.82, 2.24) is 4.98 Å². The van der Waals surface area contributed by atoms with Crippen molar-refractivity contribution in [3.05, 3.63) is 29.6 Å². The van der Waals surface area contributed by atoms with E-state index in [-0.39, 0.29) is 0 Å². The van der Waals surface area contributed by atoms with Crippen molar-refractivity contribution in [2.24, 2.45) is 0 Å². The Balaban J connectivity index is 2.79. The molecule has 0 radical (unpaired) electrons. The Morgan fingerprint density at radius 1 is 1.62 bits per heavy atom. The summed E-state index contributed by atoms with van der Waals surface area (Å²) in [5.41, 5.74) is 0.978. The molecule has 0 aromatic carbocycles. The Labute approximate surface area is 76.8 Å². The summed E-state index contributed by atoms with van der Waals surface area (Å²) in [6.45, 7) is 0.368. The molecular formula is C10H9NO2. The lowest BCUT2D eigenvalue weighted by Crippen LogP contribution is -1.89. The molecule has 0 spiro atoms. The van der Waals surface area contributed by atoms with Gasteiger partial charge in [0.15, 0.2) is 6.29 Å². The van der Waals surface area contributed by atoms with Crippen molar-refractivity contribution in [2.45, 2.75) is 0 Å². The number of carbonyl (C=O) groups is 1. The molecule has 66 valence electrons. The van der Waals surface area contributed by atoms with Crippen LogP contribution >= 0.6 is 0 Å². The van der Waals surface area contributed by atoms with Crippen LogP contribution in [-0.4, -0.2) is 25.0 Å². The maximum atomic E-state index is 10.4. The van der Waals surface area contributed by atoms with Crippen molar-refractivity contribution in [3.63, 3.8) is 0 Å². The van der Waals surface area contributed by atoms with E-state index in [2.05, 4.69) is 16.8 Å². The molecular weight excluding hydrogens is 166 g/mol. The maximum absolute atomic E-state index is 10.4. The van der Waals surface area contributed by atoms with Crippen molar-refractivity contribution in [1.29, 1.82) is 0 Å². The van der Waals surface area contributed by atoms with Crippen LogP contribution < -0.4 is 0 Å². The van der Waals surface area contributed by atoms with E-state index < -0.39 is 0 Å². The minimum Gasteiger partial charge on any atom is -0.372 e. The van der Waals surface area contributed by atoms with Gasteiger partial charge in [0.2, 0.25) is 0 Å². The average molecular weight is 175 g/mol. The number of aromatic nitrogens is 1. The molecule has 13 heavy (non-hydrogen) atoms. The molecule has 1 heterocycles. The zero-order chi connectivity index (χ0) is 9.52. The Morgan fingerprint density at radius 3 is 3.15 bits per heavy atom. The summed E-state index contributed by atoms with van der Waals surface area (Å²) in [4.78, 5) is 14.3. The molecule has 0 bridgehead atoms. The highest BCUT2D eigenvalue weighted by atomic mass is 16.5. The van der Waals surface area contributed by atoms with Crippen molar-refractivity contribution in [3.8, 4) is 11.8 Å². The molecule has 1 aromatic heterocycles. The van der Waals surface area contributed by atoms with Crippen LogP contribution in [0.3, 0.4) is 0 Å². The fraction of sp³-hybridized carbons (Fsp3) is 0.200. The molecule has 0 aliphatic heterocycles. The van der Waals surface area contributed by atoms with Crippen LogP contribution in [0.2, 0.25) is 0 Å². The minimum absolute atomic E-state index is 0.368. The van der Waals surface area contributed by atoms with E-state index in [1.807, 2.05) is 0 Å². The first-order valence-corrected chi connectivity index (χ1v) is 3.77. The number of ether oxygens (including phenoxy) is 1. The monoisotopic (exact) mass is 175 g/mol. The minimum atomic E-state index is 0.368. The molecule has 1 aromatic rings. The smallest absolute Gasteiger partial charge is 0.168 e. The van der Waals surface area contributed by atoms with Gasteiger partial charge in [0.05, 0.1) is 0 Å². The van der Waals surface area contributed by atoms with Crippen LogP contribution in [0.1, 0.15) is 16.2 Å². The van der Waals surface area contributed by atoms with Crippen molar-refractivity contribution >= 4 is 6.29 Å². The van der Waals surface area contributed by atoms with Crippen LogP contribution in [-0.2, 0) is 4.74 Å². The van der Waals surface area contributed by atoms with Gasteiger partial charge >= 0.3 is 0 Å². The number of nitrogens with zero attached hydrogens (tertiary/aromatic N) is 1. The second-order valence-electron chi connectivity index (χ2n) is 2.30. The predicted octanol–water partition coefficient (Wildman–Crippen LogP) is 0.892. The topological polar surface area (TPSA) is 39.2 Å². The quantitative estimate of drug-likeness (QED) is 0.495. The summed E-state index contributed by atoms with van der Waals surface area (Å²) >= 11 is 0. The number of hydrogen-bond acceptors (Lipinski definition) is 3. The summed E-state index contributed by atoms with van der Waals surface area (Å²) in [6, 6.07) is 5.12. The molecule has 0 aliphatic rings. The molecule has 0 aliphatic carbocycles. The molecule has 0 amide bonds. The Kier molecular flexibility index (Phi) is 3.68. The van der Waals surface area contributed by atoms with Crippen LogP contribution in [0.4, 0.5) is 0 Å². The summed E-state index contributed by atoms with van der Waals surface area (Å²) in [5.74, 6) is 5.53. The van der Waals surface area contributed by atoms with Crippen LogP contribution in [0.15, 0.2) is 18.2 Å². The first kappa shape index (κ1) is 9.43. The SMILES string of the molecule is COCC#Cc1cccc(C=O)n1. The van der Waals surface area contributed by atoms with E-state index in [4.69, 9.17) is 4.74 Å². The normalized spacial score (nSPS) is 8.69. The standard InChI is InChI=1S/C10H9NO2/c1-13-7-3-6-9-4-2-5-10(8-12)11-9/h2,4-5,8H,7H2,1H3. The lowest BCUT2D eigenvalue weighted by molar-refractivity contribution is 0.111. The largest absolute Gasteiger partial charge is 0.372 e. The van der Waals surface area contributed by atoms with Gasteiger partial charge in [-0.15, -0.1) is 0 Å². The second-order valence-corrected chi connectivity index (χ2v) is 2.30. The molecule has 0 atom stereocenters. The Bertz CT molecular complexity index is 349. The van der Waals surface area contributed by atoms with Gasteiger partial charge < -0.3 is 4.74 Å². The van der Waals surface area contributed by atoms with E-state index in [9.17, 15) is 4.79 Å². The summed E-state index contributed by atoms with van der Waals surface area (Å²) in [6.07, 6.45) is 0.696. The number of methoxy groups -OCH3 is 1. The van der Waals surface area contributed by atoms with Crippen LogP contribution in [0.25, 0.3) is 0 Å². The molecule has 3 nitrogen and oxygen atoms in total. The molecule has 3 heteroatoms. The van der Waals surface area contributed by atoms with E-state index in [1.165, 1.54) is 0 Å². The van der Waals surface area contributed by atoms with Gasteiger partial charge in [-0.1, -0.05) is 12.0 Å². The average Bonchev–Trinajstić information content (AvgIpc) is 2.19. The van der Waals surface area contributed by atoms with E-state index >= 15 is 0 Å². The van der Waals surface area contributed by atoms with Gasteiger partial charge in [0.25, 0.3) is 0 Å². The molecule has 0 N–H and O–H groups in total. The zero-order valence-electron chi connectivity index (χ0n) is 7.28. The third-order valence-electron chi connectivity index (χ3n) is 1.32. The summed E-state index contributed by atoms with van der Waals surface area (Å²) in [7, 11) is 1.57. The molecule has 0 saturated heterocycles. The maximum Gasteiger partial charge on any atom is 0.168 e. The molecule has 0 fully saturated rings. The summed E-state index contributed by atoms with van der Waals surface area (Å²) in [5, 5.41) is 0. The molecule has 0 unspecified atom stereocenters. The van der Waals surface area contributed by atoms with Gasteiger partial charge in [-0.05, 0) is 18.1 Å². The van der Waals surface area contributed by atoms with Crippen molar-refractivity contribution in [2.75, 3.05) is 13.7 Å². The number of aldehydes is 1. The Morgan fingerprint density at radius 2 is 2.46 bits per heavy atom.